The zero-order chi connectivity index (χ0) is 50.1. The summed E-state index contributed by atoms with van der Waals surface area (Å²) in [7, 11) is -7.19. The molecule has 0 bridgehead atoms. The molecule has 2 N–H and O–H groups in total. The predicted octanol–water partition coefficient (Wildman–Crippen LogP) is 10.1. The van der Waals surface area contributed by atoms with E-state index in [0.717, 1.165) is 69.3 Å². The number of aromatic nitrogens is 2. The minimum atomic E-state index is -4.73. The molecule has 0 aliphatic carbocycles. The molecule has 2 rings (SSSR count). The third kappa shape index (κ3) is 19.7. The van der Waals surface area contributed by atoms with Gasteiger partial charge in [-0.1, -0.05) is 87.0 Å². The van der Waals surface area contributed by atoms with Crippen LogP contribution < -0.4 is 10.6 Å². The summed E-state index contributed by atoms with van der Waals surface area (Å²) in [5.41, 5.74) is -2.16. The minimum absolute atomic E-state index is 0.0191. The molecule has 4 amide bonds. The Labute approximate surface area is 397 Å². The first kappa shape index (κ1) is 58.8. The zero-order valence-electron chi connectivity index (χ0n) is 43.3. The highest BCUT2D eigenvalue weighted by atomic mass is 32.3. The molecule has 1 aliphatic rings. The number of amides is 4. The molecule has 19 nitrogen and oxygen atoms in total. The fourth-order valence-corrected chi connectivity index (χ4v) is 9.47. The highest BCUT2D eigenvalue weighted by molar-refractivity contribution is 7.81. The molecule has 382 valence electrons. The SMILES string of the molecule is CCCCN(OS(=O)(=O)ON1CCC[C@@H](c2nnc(CC(CN/C(=N\C(=O)OC(C)(C)C)NC(=O)OC(C)(C)C)O[Si](C)(C)C(C)(C)C)o2)N(CC)C1=O)C(CCC)(CCCC)CCCC. The topological polar surface area (TPSA) is 217 Å². The van der Waals surface area contributed by atoms with Crippen LogP contribution in [0.25, 0.3) is 0 Å². The van der Waals surface area contributed by atoms with Gasteiger partial charge in [0.05, 0.1) is 19.1 Å². The monoisotopic (exact) mass is 975 g/mol. The van der Waals surface area contributed by atoms with E-state index in [4.69, 9.17) is 26.9 Å². The van der Waals surface area contributed by atoms with Gasteiger partial charge >= 0.3 is 28.6 Å². The maximum atomic E-state index is 14.2. The first-order chi connectivity index (χ1) is 30.5. The molecule has 2 atom stereocenters. The van der Waals surface area contributed by atoms with Crippen LogP contribution in [0.2, 0.25) is 18.1 Å². The molecule has 2 heterocycles. The highest BCUT2D eigenvalue weighted by Gasteiger charge is 2.43. The van der Waals surface area contributed by atoms with Crippen LogP contribution in [0.15, 0.2) is 9.41 Å². The van der Waals surface area contributed by atoms with Crippen LogP contribution in [0.5, 0.6) is 0 Å². The molecule has 1 saturated heterocycles. The Kier molecular flexibility index (Phi) is 23.0. The van der Waals surface area contributed by atoms with Crippen molar-refractivity contribution in [2.24, 2.45) is 4.99 Å². The highest BCUT2D eigenvalue weighted by Crippen LogP contribution is 2.38. The Morgan fingerprint density at radius 1 is 0.894 bits per heavy atom. The maximum absolute atomic E-state index is 14.2. The number of hydrogen-bond acceptors (Lipinski definition) is 14. The van der Waals surface area contributed by atoms with Crippen molar-refractivity contribution in [1.29, 1.82) is 0 Å². The van der Waals surface area contributed by atoms with Crippen molar-refractivity contribution in [1.82, 2.24) is 35.9 Å². The Balaban J connectivity index is 2.42. The van der Waals surface area contributed by atoms with E-state index in [0.29, 0.717) is 19.4 Å². The number of nitrogens with one attached hydrogen (secondary N) is 2. The molecule has 0 aromatic carbocycles. The summed E-state index contributed by atoms with van der Waals surface area (Å²) < 4.78 is 63.0. The smallest absolute Gasteiger partial charge is 0.437 e. The third-order valence-corrected chi connectivity index (χ3v) is 16.7. The first-order valence-corrected chi connectivity index (χ1v) is 28.3. The minimum Gasteiger partial charge on any atom is -0.444 e. The number of carbonyl (C=O) groups is 3. The summed E-state index contributed by atoms with van der Waals surface area (Å²) in [5, 5.41) is 16.6. The summed E-state index contributed by atoms with van der Waals surface area (Å²) in [6, 6.07) is -1.37. The number of urea groups is 1. The van der Waals surface area contributed by atoms with Gasteiger partial charge in [-0.05, 0) is 105 Å². The Morgan fingerprint density at radius 3 is 2.03 bits per heavy atom. The van der Waals surface area contributed by atoms with Crippen LogP contribution in [0, 0.1) is 0 Å². The molecular formula is C45H86N8O11SSi. The van der Waals surface area contributed by atoms with Gasteiger partial charge in [-0.3, -0.25) is 5.32 Å². The molecule has 66 heavy (non-hydrogen) atoms. The van der Waals surface area contributed by atoms with Crippen LogP contribution >= 0.6 is 0 Å². The van der Waals surface area contributed by atoms with Crippen molar-refractivity contribution in [3.63, 3.8) is 0 Å². The Hall–Kier alpha value is -3.37. The molecule has 1 unspecified atom stereocenters. The lowest BCUT2D eigenvalue weighted by Gasteiger charge is -2.43. The van der Waals surface area contributed by atoms with E-state index in [1.54, 1.807) is 53.5 Å². The molecule has 1 aromatic heterocycles. The number of guanidine groups is 1. The van der Waals surface area contributed by atoms with Crippen molar-refractivity contribution in [3.05, 3.63) is 11.8 Å². The van der Waals surface area contributed by atoms with Gasteiger partial charge in [0.15, 0.2) is 8.32 Å². The van der Waals surface area contributed by atoms with Crippen molar-refractivity contribution in [3.8, 4) is 0 Å². The Morgan fingerprint density at radius 2 is 1.50 bits per heavy atom. The molecule has 0 saturated carbocycles. The van der Waals surface area contributed by atoms with Gasteiger partial charge in [0.2, 0.25) is 17.7 Å². The number of ether oxygens (including phenoxy) is 2. The second-order valence-electron chi connectivity index (χ2n) is 20.7. The maximum Gasteiger partial charge on any atom is 0.437 e. The van der Waals surface area contributed by atoms with Gasteiger partial charge in [0.25, 0.3) is 0 Å². The van der Waals surface area contributed by atoms with Crippen LogP contribution in [-0.4, -0.2) is 115 Å². The quantitative estimate of drug-likeness (QED) is 0.0426. The molecule has 0 radical (unpaired) electrons. The summed E-state index contributed by atoms with van der Waals surface area (Å²) in [5.74, 6) is 0.179. The van der Waals surface area contributed by atoms with Gasteiger partial charge < -0.3 is 28.5 Å². The summed E-state index contributed by atoms with van der Waals surface area (Å²) >= 11 is 0. The second-order valence-corrected chi connectivity index (χ2v) is 26.6. The zero-order valence-corrected chi connectivity index (χ0v) is 45.1. The lowest BCUT2D eigenvalue weighted by atomic mass is 9.82. The van der Waals surface area contributed by atoms with Crippen LogP contribution in [-0.2, 0) is 39.3 Å². The average Bonchev–Trinajstić information content (AvgIpc) is 3.58. The molecule has 21 heteroatoms. The number of unbranched alkanes of at least 4 members (excludes halogenated alkanes) is 3. The molecule has 1 aromatic rings. The third-order valence-electron chi connectivity index (χ3n) is 11.5. The number of hydroxylamine groups is 4. The molecular weight excluding hydrogens is 889 g/mol. The van der Waals surface area contributed by atoms with Crippen molar-refractivity contribution in [2.75, 3.05) is 26.2 Å². The summed E-state index contributed by atoms with van der Waals surface area (Å²) in [6.45, 7) is 31.5. The van der Waals surface area contributed by atoms with Crippen LogP contribution in [0.4, 0.5) is 14.4 Å². The number of nitrogens with zero attached hydrogens (tertiary/aromatic N) is 6. The van der Waals surface area contributed by atoms with Gasteiger partial charge in [-0.15, -0.1) is 19.5 Å². The standard InChI is InChI=1S/C45H86N8O11SSi/c1-17-22-28-45(27-20-4,29-23-18-2)53(31-24-19-3)64-65(57,58)63-52-30-25-26-35(51(21-5)41(52)56)37-50-49-36(59-37)32-34(62-66(15,16)44(12,13)14)33-46-38(47-39(54)60-42(6,7)8)48-40(55)61-43(9,10)11/h34-35H,17-33H2,1-16H3,(H2,46,47,48,54,55)/t34?,35-/m0/s1. The molecule has 1 aliphatic heterocycles. The van der Waals surface area contributed by atoms with E-state index in [2.05, 4.69) is 87.4 Å². The molecule has 1 fully saturated rings. The second kappa shape index (κ2) is 25.8. The summed E-state index contributed by atoms with van der Waals surface area (Å²) in [6.07, 6.45) is 7.00. The number of aliphatic imine (C=N–C) groups is 1. The largest absolute Gasteiger partial charge is 0.444 e. The van der Waals surface area contributed by atoms with Gasteiger partial charge in [-0.2, -0.15) is 22.8 Å². The van der Waals surface area contributed by atoms with Crippen LogP contribution in [0.1, 0.15) is 192 Å². The summed E-state index contributed by atoms with van der Waals surface area (Å²) in [4.78, 5) is 45.2. The van der Waals surface area contributed by atoms with Crippen molar-refractivity contribution < 1.29 is 49.7 Å². The van der Waals surface area contributed by atoms with Gasteiger partial charge in [0, 0.05) is 25.2 Å². The van der Waals surface area contributed by atoms with E-state index in [1.165, 1.54) is 4.90 Å². The van der Waals surface area contributed by atoms with E-state index in [-0.39, 0.29) is 48.8 Å². The number of hydrogen-bond donors (Lipinski definition) is 2. The van der Waals surface area contributed by atoms with E-state index in [9.17, 15) is 22.8 Å². The van der Waals surface area contributed by atoms with E-state index in [1.807, 2.05) is 0 Å². The lowest BCUT2D eigenvalue weighted by Crippen LogP contribution is -2.51. The molecule has 0 spiro atoms. The number of alkyl carbamates (subject to hydrolysis) is 1. The van der Waals surface area contributed by atoms with E-state index < -0.39 is 65.8 Å². The predicted molar refractivity (Wildman–Crippen MR) is 257 cm³/mol. The van der Waals surface area contributed by atoms with Gasteiger partial charge in [-0.25, -0.2) is 14.4 Å². The Bertz CT molecular complexity index is 1800. The normalized spacial score (nSPS) is 16.7. The lowest BCUT2D eigenvalue weighted by molar-refractivity contribution is -0.171. The van der Waals surface area contributed by atoms with Crippen LogP contribution in [0.3, 0.4) is 0 Å². The fraction of sp³-hybridized carbons (Fsp3) is 0.867. The average molecular weight is 975 g/mol. The van der Waals surface area contributed by atoms with Crippen molar-refractivity contribution >= 4 is 42.9 Å². The van der Waals surface area contributed by atoms with Crippen molar-refractivity contribution in [2.45, 2.75) is 227 Å². The fourth-order valence-electron chi connectivity index (χ4n) is 7.28. The first-order valence-electron chi connectivity index (χ1n) is 24.1. The number of rotatable bonds is 24. The van der Waals surface area contributed by atoms with E-state index >= 15 is 0 Å². The van der Waals surface area contributed by atoms with Gasteiger partial charge in [0.1, 0.15) is 17.2 Å². The number of carbonyl (C=O) groups excluding carboxylic acids is 3.